The van der Waals surface area contributed by atoms with Crippen LogP contribution in [0.1, 0.15) is 17.4 Å². The largest absolute Gasteiger partial charge is 0.497 e. The molecule has 2 rings (SSSR count). The quantitative estimate of drug-likeness (QED) is 0.830. The third-order valence-electron chi connectivity index (χ3n) is 2.32. The zero-order valence-corrected chi connectivity index (χ0v) is 8.64. The van der Waals surface area contributed by atoms with Crippen molar-refractivity contribution in [2.24, 2.45) is 0 Å². The highest BCUT2D eigenvalue weighted by atomic mass is 19.1. The standard InChI is InChI=1S/C11H11FN2O2/c1-16-7-2-3-8(9(12)6-7)11(15)10-4-5-13-14-10/h2-6,11,15H,1H3,(H,13,14). The second-order valence-corrected chi connectivity index (χ2v) is 3.30. The van der Waals surface area contributed by atoms with Crippen LogP contribution in [0.5, 0.6) is 5.75 Å². The molecular formula is C11H11FN2O2. The van der Waals surface area contributed by atoms with Gasteiger partial charge < -0.3 is 9.84 Å². The first-order valence-electron chi connectivity index (χ1n) is 4.73. The van der Waals surface area contributed by atoms with Gasteiger partial charge in [-0.3, -0.25) is 5.10 Å². The Bertz CT molecular complexity index is 471. The molecule has 0 aliphatic carbocycles. The van der Waals surface area contributed by atoms with Gasteiger partial charge in [-0.1, -0.05) is 0 Å². The van der Waals surface area contributed by atoms with Gasteiger partial charge in [-0.2, -0.15) is 5.10 Å². The Labute approximate surface area is 91.7 Å². The van der Waals surface area contributed by atoms with Crippen LogP contribution in [0, 0.1) is 5.82 Å². The highest BCUT2D eigenvalue weighted by molar-refractivity contribution is 5.33. The van der Waals surface area contributed by atoms with Gasteiger partial charge in [0.15, 0.2) is 0 Å². The van der Waals surface area contributed by atoms with Crippen LogP contribution >= 0.6 is 0 Å². The van der Waals surface area contributed by atoms with E-state index in [0.29, 0.717) is 11.4 Å². The van der Waals surface area contributed by atoms with E-state index in [1.165, 1.54) is 25.4 Å². The summed E-state index contributed by atoms with van der Waals surface area (Å²) in [4.78, 5) is 0. The fourth-order valence-corrected chi connectivity index (χ4v) is 1.44. The van der Waals surface area contributed by atoms with Gasteiger partial charge in [-0.15, -0.1) is 0 Å². The number of halogens is 1. The number of rotatable bonds is 3. The maximum atomic E-state index is 13.6. The molecule has 1 aromatic heterocycles. The number of hydrogen-bond donors (Lipinski definition) is 2. The van der Waals surface area contributed by atoms with E-state index in [-0.39, 0.29) is 5.56 Å². The average Bonchev–Trinajstić information content (AvgIpc) is 2.81. The summed E-state index contributed by atoms with van der Waals surface area (Å²) in [5.41, 5.74) is 0.633. The second kappa shape index (κ2) is 4.32. The predicted molar refractivity (Wildman–Crippen MR) is 55.6 cm³/mol. The third-order valence-corrected chi connectivity index (χ3v) is 2.32. The van der Waals surface area contributed by atoms with Crippen LogP contribution in [0.3, 0.4) is 0 Å². The van der Waals surface area contributed by atoms with E-state index in [1.807, 2.05) is 0 Å². The lowest BCUT2D eigenvalue weighted by atomic mass is 10.1. The Hall–Kier alpha value is -1.88. The zero-order valence-electron chi connectivity index (χ0n) is 8.64. The van der Waals surface area contributed by atoms with Gasteiger partial charge in [0.2, 0.25) is 0 Å². The van der Waals surface area contributed by atoms with Gasteiger partial charge in [0.25, 0.3) is 0 Å². The van der Waals surface area contributed by atoms with Crippen molar-refractivity contribution in [1.82, 2.24) is 10.2 Å². The van der Waals surface area contributed by atoms with Crippen molar-refractivity contribution < 1.29 is 14.2 Å². The normalized spacial score (nSPS) is 12.4. The van der Waals surface area contributed by atoms with Gasteiger partial charge in [-0.25, -0.2) is 4.39 Å². The molecular weight excluding hydrogens is 211 g/mol. The maximum Gasteiger partial charge on any atom is 0.133 e. The van der Waals surface area contributed by atoms with Crippen molar-refractivity contribution >= 4 is 0 Å². The smallest absolute Gasteiger partial charge is 0.133 e. The van der Waals surface area contributed by atoms with E-state index >= 15 is 0 Å². The minimum Gasteiger partial charge on any atom is -0.497 e. The summed E-state index contributed by atoms with van der Waals surface area (Å²) in [7, 11) is 1.46. The number of nitrogens with zero attached hydrogens (tertiary/aromatic N) is 1. The van der Waals surface area contributed by atoms with Crippen molar-refractivity contribution in [3.63, 3.8) is 0 Å². The highest BCUT2D eigenvalue weighted by Gasteiger charge is 2.16. The average molecular weight is 222 g/mol. The topological polar surface area (TPSA) is 58.1 Å². The Morgan fingerprint density at radius 2 is 2.25 bits per heavy atom. The van der Waals surface area contributed by atoms with Crippen LogP contribution < -0.4 is 4.74 Å². The first-order chi connectivity index (χ1) is 7.72. The van der Waals surface area contributed by atoms with Crippen molar-refractivity contribution in [3.05, 3.63) is 47.5 Å². The van der Waals surface area contributed by atoms with Gasteiger partial charge in [0.05, 0.1) is 12.8 Å². The molecule has 0 aliphatic rings. The lowest BCUT2D eigenvalue weighted by Crippen LogP contribution is -2.03. The predicted octanol–water partition coefficient (Wildman–Crippen LogP) is 1.64. The molecule has 4 nitrogen and oxygen atoms in total. The third kappa shape index (κ3) is 1.90. The van der Waals surface area contributed by atoms with Crippen LogP contribution in [-0.4, -0.2) is 22.4 Å². The number of hydrogen-bond acceptors (Lipinski definition) is 3. The Morgan fingerprint density at radius 1 is 1.44 bits per heavy atom. The van der Waals surface area contributed by atoms with E-state index in [4.69, 9.17) is 4.74 Å². The Balaban J connectivity index is 2.34. The zero-order chi connectivity index (χ0) is 11.5. The van der Waals surface area contributed by atoms with Gasteiger partial charge in [0.1, 0.15) is 17.7 Å². The minimum absolute atomic E-state index is 0.185. The SMILES string of the molecule is COc1ccc(C(O)c2ccn[nH]2)c(F)c1. The molecule has 84 valence electrons. The number of benzene rings is 1. The molecule has 0 spiro atoms. The van der Waals surface area contributed by atoms with Crippen molar-refractivity contribution in [3.8, 4) is 5.75 Å². The van der Waals surface area contributed by atoms with Crippen LogP contribution in [0.25, 0.3) is 0 Å². The molecule has 2 N–H and O–H groups in total. The highest BCUT2D eigenvalue weighted by Crippen LogP contribution is 2.25. The van der Waals surface area contributed by atoms with E-state index < -0.39 is 11.9 Å². The molecule has 0 aliphatic heterocycles. The molecule has 1 aromatic carbocycles. The summed E-state index contributed by atoms with van der Waals surface area (Å²) in [5.74, 6) is -0.0977. The number of aliphatic hydroxyl groups is 1. The molecule has 0 radical (unpaired) electrons. The Morgan fingerprint density at radius 3 is 2.81 bits per heavy atom. The molecule has 1 heterocycles. The lowest BCUT2D eigenvalue weighted by molar-refractivity contribution is 0.209. The van der Waals surface area contributed by atoms with E-state index in [1.54, 1.807) is 12.1 Å². The Kier molecular flexibility index (Phi) is 2.87. The molecule has 0 fully saturated rings. The summed E-state index contributed by atoms with van der Waals surface area (Å²) in [6, 6.07) is 5.90. The second-order valence-electron chi connectivity index (χ2n) is 3.30. The number of H-pyrrole nitrogens is 1. The maximum absolute atomic E-state index is 13.6. The molecule has 0 saturated heterocycles. The van der Waals surface area contributed by atoms with Crippen molar-refractivity contribution in [2.75, 3.05) is 7.11 Å². The molecule has 1 unspecified atom stereocenters. The minimum atomic E-state index is -1.05. The van der Waals surface area contributed by atoms with Crippen molar-refractivity contribution in [2.45, 2.75) is 6.10 Å². The number of aliphatic hydroxyl groups excluding tert-OH is 1. The molecule has 1 atom stereocenters. The first-order valence-corrected chi connectivity index (χ1v) is 4.73. The number of methoxy groups -OCH3 is 1. The number of ether oxygens (including phenoxy) is 1. The van der Waals surface area contributed by atoms with Gasteiger partial charge in [-0.05, 0) is 18.2 Å². The van der Waals surface area contributed by atoms with Crippen LogP contribution in [0.2, 0.25) is 0 Å². The van der Waals surface area contributed by atoms with E-state index in [2.05, 4.69) is 10.2 Å². The lowest BCUT2D eigenvalue weighted by Gasteiger charge is -2.10. The molecule has 0 amide bonds. The van der Waals surface area contributed by atoms with Crippen LogP contribution in [-0.2, 0) is 0 Å². The summed E-state index contributed by atoms with van der Waals surface area (Å²) in [5, 5.41) is 16.2. The van der Waals surface area contributed by atoms with E-state index in [9.17, 15) is 9.50 Å². The summed E-state index contributed by atoms with van der Waals surface area (Å²) in [6.45, 7) is 0. The molecule has 0 bridgehead atoms. The number of nitrogens with one attached hydrogen (secondary N) is 1. The van der Waals surface area contributed by atoms with Crippen molar-refractivity contribution in [1.29, 1.82) is 0 Å². The first kappa shape index (κ1) is 10.6. The van der Waals surface area contributed by atoms with Gasteiger partial charge >= 0.3 is 0 Å². The number of aromatic amines is 1. The fraction of sp³-hybridized carbons (Fsp3) is 0.182. The molecule has 2 aromatic rings. The molecule has 0 saturated carbocycles. The monoisotopic (exact) mass is 222 g/mol. The van der Waals surface area contributed by atoms with Gasteiger partial charge in [0, 0.05) is 17.8 Å². The fourth-order valence-electron chi connectivity index (χ4n) is 1.44. The molecule has 16 heavy (non-hydrogen) atoms. The number of aromatic nitrogens is 2. The summed E-state index contributed by atoms with van der Waals surface area (Å²) >= 11 is 0. The summed E-state index contributed by atoms with van der Waals surface area (Å²) in [6.07, 6.45) is 0.452. The summed E-state index contributed by atoms with van der Waals surface area (Å²) < 4.78 is 18.5. The van der Waals surface area contributed by atoms with E-state index in [0.717, 1.165) is 0 Å². The van der Waals surface area contributed by atoms with Crippen LogP contribution in [0.4, 0.5) is 4.39 Å². The molecule has 5 heteroatoms. The van der Waals surface area contributed by atoms with Crippen LogP contribution in [0.15, 0.2) is 30.5 Å².